The summed E-state index contributed by atoms with van der Waals surface area (Å²) in [5, 5.41) is 8.17. The Balaban J connectivity index is 1.95. The number of hydrogen-bond acceptors (Lipinski definition) is 4. The van der Waals surface area contributed by atoms with Crippen LogP contribution in [0.1, 0.15) is 25.5 Å². The van der Waals surface area contributed by atoms with Crippen LogP contribution < -0.4 is 5.32 Å². The first-order valence-electron chi connectivity index (χ1n) is 7.47. The van der Waals surface area contributed by atoms with Crippen molar-refractivity contribution in [3.63, 3.8) is 0 Å². The summed E-state index contributed by atoms with van der Waals surface area (Å²) in [6.07, 6.45) is 3.87. The highest BCUT2D eigenvalue weighted by atomic mass is 32.2. The molecule has 1 fully saturated rings. The second kappa shape index (κ2) is 6.59. The molecule has 2 heterocycles. The lowest BCUT2D eigenvalue weighted by atomic mass is 9.98. The van der Waals surface area contributed by atoms with Crippen LogP contribution in [0.2, 0.25) is 0 Å². The van der Waals surface area contributed by atoms with Crippen LogP contribution in [-0.2, 0) is 0 Å². The monoisotopic (exact) mass is 318 g/mol. The van der Waals surface area contributed by atoms with Crippen LogP contribution in [0, 0.1) is 0 Å². The number of aromatic nitrogens is 1. The van der Waals surface area contributed by atoms with Crippen LogP contribution >= 0.6 is 23.5 Å². The van der Waals surface area contributed by atoms with Gasteiger partial charge < -0.3 is 5.32 Å². The van der Waals surface area contributed by atoms with E-state index in [-0.39, 0.29) is 0 Å². The van der Waals surface area contributed by atoms with E-state index in [0.717, 1.165) is 5.25 Å². The Morgan fingerprint density at radius 3 is 2.86 bits per heavy atom. The average molecular weight is 319 g/mol. The topological polar surface area (TPSA) is 24.9 Å². The molecule has 0 bridgehead atoms. The van der Waals surface area contributed by atoms with Crippen molar-refractivity contribution in [2.45, 2.75) is 35.6 Å². The molecule has 2 nitrogen and oxygen atoms in total. The maximum absolute atomic E-state index is 4.32. The zero-order chi connectivity index (χ0) is 14.8. The molecule has 1 saturated heterocycles. The summed E-state index contributed by atoms with van der Waals surface area (Å²) in [7, 11) is 2.08. The molecule has 1 aromatic carbocycles. The van der Waals surface area contributed by atoms with E-state index < -0.39 is 0 Å². The predicted molar refractivity (Wildman–Crippen MR) is 96.3 cm³/mol. The summed E-state index contributed by atoms with van der Waals surface area (Å²) >= 11 is 4.23. The zero-order valence-electron chi connectivity index (χ0n) is 12.7. The lowest BCUT2D eigenvalue weighted by Crippen LogP contribution is -2.35. The zero-order valence-corrected chi connectivity index (χ0v) is 14.4. The van der Waals surface area contributed by atoms with Crippen molar-refractivity contribution in [1.82, 2.24) is 10.3 Å². The van der Waals surface area contributed by atoms with Gasteiger partial charge in [0.05, 0.1) is 0 Å². The van der Waals surface area contributed by atoms with Gasteiger partial charge in [0.15, 0.2) is 0 Å². The normalized spacial score (nSPS) is 27.7. The van der Waals surface area contributed by atoms with Crippen molar-refractivity contribution in [2.24, 2.45) is 0 Å². The first-order valence-corrected chi connectivity index (χ1v) is 9.47. The van der Waals surface area contributed by atoms with Crippen LogP contribution in [0.5, 0.6) is 0 Å². The number of nitrogens with one attached hydrogen (secondary N) is 1. The molecular formula is C17H22N2S2. The van der Waals surface area contributed by atoms with E-state index >= 15 is 0 Å². The third-order valence-electron chi connectivity index (χ3n) is 4.31. The minimum absolute atomic E-state index is 0.380. The molecule has 21 heavy (non-hydrogen) atoms. The van der Waals surface area contributed by atoms with E-state index in [0.29, 0.717) is 16.5 Å². The fraction of sp³-hybridized carbons (Fsp3) is 0.471. The predicted octanol–water partition coefficient (Wildman–Crippen LogP) is 4.12. The Labute approximate surface area is 135 Å². The van der Waals surface area contributed by atoms with Crippen molar-refractivity contribution >= 4 is 34.3 Å². The van der Waals surface area contributed by atoms with Gasteiger partial charge in [0.25, 0.3) is 0 Å². The standard InChI is InChI=1S/C17H22N2S2/c1-11-12(2)21-16(10-20-11)17(18-3)14-6-4-5-13-7-8-19-9-15(13)14/h4-9,11-12,16-18H,10H2,1-3H3. The minimum atomic E-state index is 0.380. The Hall–Kier alpha value is -0.710. The Morgan fingerprint density at radius 1 is 1.24 bits per heavy atom. The van der Waals surface area contributed by atoms with Crippen LogP contribution in [-0.4, -0.2) is 33.5 Å². The van der Waals surface area contributed by atoms with Gasteiger partial charge in [-0.1, -0.05) is 32.0 Å². The van der Waals surface area contributed by atoms with Crippen LogP contribution in [0.15, 0.2) is 36.7 Å². The molecule has 4 heteroatoms. The van der Waals surface area contributed by atoms with Crippen molar-refractivity contribution in [2.75, 3.05) is 12.8 Å². The van der Waals surface area contributed by atoms with Gasteiger partial charge in [-0.05, 0) is 24.1 Å². The van der Waals surface area contributed by atoms with Gasteiger partial charge in [0.1, 0.15) is 0 Å². The first kappa shape index (κ1) is 15.2. The molecule has 1 aliphatic heterocycles. The van der Waals surface area contributed by atoms with Gasteiger partial charge in [-0.25, -0.2) is 0 Å². The van der Waals surface area contributed by atoms with Gasteiger partial charge in [0, 0.05) is 45.3 Å². The summed E-state index contributed by atoms with van der Waals surface area (Å²) in [6, 6.07) is 9.05. The van der Waals surface area contributed by atoms with E-state index in [2.05, 4.69) is 79.0 Å². The number of benzene rings is 1. The third kappa shape index (κ3) is 3.08. The van der Waals surface area contributed by atoms with E-state index in [1.807, 2.05) is 12.4 Å². The maximum Gasteiger partial charge on any atom is 0.0453 e. The highest BCUT2D eigenvalue weighted by Crippen LogP contribution is 2.42. The molecule has 0 amide bonds. The van der Waals surface area contributed by atoms with Crippen molar-refractivity contribution in [1.29, 1.82) is 0 Å². The summed E-state index contributed by atoms with van der Waals surface area (Å²) in [6.45, 7) is 4.70. The van der Waals surface area contributed by atoms with Crippen molar-refractivity contribution in [3.8, 4) is 0 Å². The fourth-order valence-corrected chi connectivity index (χ4v) is 6.08. The molecule has 4 atom stereocenters. The van der Waals surface area contributed by atoms with Crippen LogP contribution in [0.3, 0.4) is 0 Å². The van der Waals surface area contributed by atoms with Gasteiger partial charge in [-0.3, -0.25) is 4.98 Å². The highest BCUT2D eigenvalue weighted by molar-refractivity contribution is 8.07. The molecule has 0 spiro atoms. The molecule has 4 unspecified atom stereocenters. The number of hydrogen-bond donors (Lipinski definition) is 1. The average Bonchev–Trinajstić information content (AvgIpc) is 2.52. The van der Waals surface area contributed by atoms with Gasteiger partial charge in [-0.2, -0.15) is 23.5 Å². The summed E-state index contributed by atoms with van der Waals surface area (Å²) < 4.78 is 0. The number of pyridine rings is 1. The molecule has 1 aliphatic rings. The quantitative estimate of drug-likeness (QED) is 0.920. The van der Waals surface area contributed by atoms with Crippen molar-refractivity contribution < 1.29 is 0 Å². The molecule has 3 rings (SSSR count). The van der Waals surface area contributed by atoms with E-state index in [4.69, 9.17) is 0 Å². The molecule has 112 valence electrons. The van der Waals surface area contributed by atoms with E-state index in [1.54, 1.807) is 0 Å². The third-order valence-corrected chi connectivity index (χ3v) is 7.80. The fourth-order valence-electron chi connectivity index (χ4n) is 2.93. The lowest BCUT2D eigenvalue weighted by molar-refractivity contribution is 0.592. The number of fused-ring (bicyclic) bond motifs is 1. The van der Waals surface area contributed by atoms with Crippen LogP contribution in [0.25, 0.3) is 10.8 Å². The Kier molecular flexibility index (Phi) is 4.77. The smallest absolute Gasteiger partial charge is 0.0453 e. The largest absolute Gasteiger partial charge is 0.312 e. The number of thioether (sulfide) groups is 2. The molecule has 0 radical (unpaired) electrons. The number of rotatable bonds is 3. The van der Waals surface area contributed by atoms with Crippen LogP contribution in [0.4, 0.5) is 0 Å². The molecule has 0 aliphatic carbocycles. The molecule has 1 aromatic heterocycles. The highest BCUT2D eigenvalue weighted by Gasteiger charge is 2.32. The second-order valence-electron chi connectivity index (χ2n) is 5.63. The first-order chi connectivity index (χ1) is 10.2. The number of nitrogens with zero attached hydrogens (tertiary/aromatic N) is 1. The van der Waals surface area contributed by atoms with E-state index in [9.17, 15) is 0 Å². The van der Waals surface area contributed by atoms with Gasteiger partial charge >= 0.3 is 0 Å². The molecule has 2 aromatic rings. The van der Waals surface area contributed by atoms with Gasteiger partial charge in [0.2, 0.25) is 0 Å². The Bertz CT molecular complexity index is 611. The maximum atomic E-state index is 4.32. The Morgan fingerprint density at radius 2 is 2.10 bits per heavy atom. The molecular weight excluding hydrogens is 296 g/mol. The van der Waals surface area contributed by atoms with E-state index in [1.165, 1.54) is 22.1 Å². The summed E-state index contributed by atoms with van der Waals surface area (Å²) in [5.74, 6) is 1.21. The van der Waals surface area contributed by atoms with Crippen molar-refractivity contribution in [3.05, 3.63) is 42.2 Å². The minimum Gasteiger partial charge on any atom is -0.312 e. The lowest BCUT2D eigenvalue weighted by Gasteiger charge is -2.36. The summed E-state index contributed by atoms with van der Waals surface area (Å²) in [4.78, 5) is 4.32. The van der Waals surface area contributed by atoms with Gasteiger partial charge in [-0.15, -0.1) is 0 Å². The second-order valence-corrected chi connectivity index (χ2v) is 8.66. The molecule has 0 saturated carbocycles. The SMILES string of the molecule is CNC(c1cccc2ccncc12)C1CSC(C)C(C)S1. The summed E-state index contributed by atoms with van der Waals surface area (Å²) in [5.41, 5.74) is 1.38. The molecule has 1 N–H and O–H groups in total.